The molecule has 1 aliphatic carbocycles. The zero-order chi connectivity index (χ0) is 25.3. The van der Waals surface area contributed by atoms with Gasteiger partial charge >= 0.3 is 20.1 Å². The first-order valence-electron chi connectivity index (χ1n) is 12.7. The predicted molar refractivity (Wildman–Crippen MR) is 150 cm³/mol. The summed E-state index contributed by atoms with van der Waals surface area (Å²) in [7, 11) is 2.13. The van der Waals surface area contributed by atoms with Gasteiger partial charge in [0.15, 0.2) is 0 Å². The first-order valence-corrected chi connectivity index (χ1v) is 12.7. The number of anilines is 3. The van der Waals surface area contributed by atoms with Crippen LogP contribution in [0.4, 0.5) is 17.1 Å². The first-order chi connectivity index (χ1) is 17.3. The third-order valence-corrected chi connectivity index (χ3v) is 7.48. The molecule has 0 saturated carbocycles. The van der Waals surface area contributed by atoms with E-state index in [2.05, 4.69) is 92.6 Å². The molecule has 37 heavy (non-hydrogen) atoms. The molecular formula is C33H34IrN3. The normalized spacial score (nSPS) is 16.6. The Morgan fingerprint density at radius 1 is 0.784 bits per heavy atom. The summed E-state index contributed by atoms with van der Waals surface area (Å²) in [6.45, 7) is 11.7. The van der Waals surface area contributed by atoms with Crippen LogP contribution in [0.2, 0.25) is 0 Å². The van der Waals surface area contributed by atoms with Crippen molar-refractivity contribution >= 4 is 17.1 Å². The molecule has 0 amide bonds. The van der Waals surface area contributed by atoms with Crippen molar-refractivity contribution in [3.05, 3.63) is 115 Å². The van der Waals surface area contributed by atoms with E-state index in [0.717, 1.165) is 16.9 Å². The molecule has 6 rings (SSSR count). The number of hydrogen-bond acceptors (Lipinski definition) is 3. The molecule has 0 radical (unpaired) electrons. The molecule has 1 aromatic heterocycles. The second kappa shape index (κ2) is 10.8. The zero-order valence-electron chi connectivity index (χ0n) is 22.2. The number of fused-ring (bicyclic) bond motifs is 2. The molecule has 3 aromatic carbocycles. The van der Waals surface area contributed by atoms with Gasteiger partial charge in [-0.05, 0) is 65.7 Å². The van der Waals surface area contributed by atoms with Crippen LogP contribution in [-0.2, 0) is 30.9 Å². The third-order valence-electron chi connectivity index (χ3n) is 7.48. The fraction of sp³-hybridized carbons (Fsp3) is 0.273. The van der Waals surface area contributed by atoms with Crippen LogP contribution in [0, 0.1) is 18.8 Å². The summed E-state index contributed by atoms with van der Waals surface area (Å²) < 4.78 is 0. The van der Waals surface area contributed by atoms with Gasteiger partial charge in [-0.2, -0.15) is 37.0 Å². The standard InChI is InChI=1S/C22H26N2.C11H8N.Ir/c1-21(2)11-12-22(3,4)18-14-20-19(13-17(18)21)23(5)15-24(20)16-9-7-6-8-10-16;1-2-6-10(7-3-1)11-8-4-5-9-12-11;/h6-9,13-15H,11-12H2,1-5H3;1-6,8-9H;/q-2;-1;+3. The molecule has 1 aliphatic heterocycles. The van der Waals surface area contributed by atoms with Crippen molar-refractivity contribution in [1.82, 2.24) is 4.98 Å². The summed E-state index contributed by atoms with van der Waals surface area (Å²) in [5.41, 5.74) is 9.15. The maximum atomic E-state index is 4.22. The fourth-order valence-electron chi connectivity index (χ4n) is 5.16. The summed E-state index contributed by atoms with van der Waals surface area (Å²) in [6, 6.07) is 33.2. The number of nitrogens with zero attached hydrogens (tertiary/aromatic N) is 3. The second-order valence-corrected chi connectivity index (χ2v) is 11.0. The summed E-state index contributed by atoms with van der Waals surface area (Å²) >= 11 is 0. The Hall–Kier alpha value is -2.94. The van der Waals surface area contributed by atoms with E-state index in [1.807, 2.05) is 54.6 Å². The molecule has 2 aliphatic rings. The largest absolute Gasteiger partial charge is 3.00 e. The average Bonchev–Trinajstić information content (AvgIpc) is 3.24. The van der Waals surface area contributed by atoms with Gasteiger partial charge in [-0.25, -0.2) is 0 Å². The minimum atomic E-state index is 0. The van der Waals surface area contributed by atoms with Gasteiger partial charge in [0.1, 0.15) is 0 Å². The number of hydrogen-bond donors (Lipinski definition) is 0. The number of aromatic nitrogens is 1. The van der Waals surface area contributed by atoms with Crippen LogP contribution in [-0.4, -0.2) is 12.0 Å². The van der Waals surface area contributed by atoms with E-state index in [0.29, 0.717) is 0 Å². The fourth-order valence-corrected chi connectivity index (χ4v) is 5.16. The molecule has 190 valence electrons. The SMILES string of the molecule is CN1[CH-]N(c2[c-]cccc2)c2cc3c(cc21)C(C)(C)CCC3(C)C.[Ir+3].[c-]1ccccc1-c1ccccn1. The van der Waals surface area contributed by atoms with E-state index in [-0.39, 0.29) is 30.9 Å². The van der Waals surface area contributed by atoms with Crippen molar-refractivity contribution in [1.29, 1.82) is 0 Å². The zero-order valence-corrected chi connectivity index (χ0v) is 24.6. The van der Waals surface area contributed by atoms with Gasteiger partial charge < -0.3 is 14.8 Å². The molecule has 2 heterocycles. The van der Waals surface area contributed by atoms with Crippen LogP contribution in [0.25, 0.3) is 11.3 Å². The van der Waals surface area contributed by atoms with Gasteiger partial charge in [0.25, 0.3) is 0 Å². The molecule has 4 heteroatoms. The first kappa shape index (κ1) is 27.1. The number of pyridine rings is 1. The molecule has 0 unspecified atom stereocenters. The van der Waals surface area contributed by atoms with E-state index < -0.39 is 0 Å². The third kappa shape index (κ3) is 5.51. The van der Waals surface area contributed by atoms with Gasteiger partial charge in [0, 0.05) is 17.6 Å². The molecule has 3 nitrogen and oxygen atoms in total. The van der Waals surface area contributed by atoms with Crippen LogP contribution >= 0.6 is 0 Å². The maximum Gasteiger partial charge on any atom is 3.00 e. The van der Waals surface area contributed by atoms with Gasteiger partial charge in [-0.1, -0.05) is 39.8 Å². The number of para-hydroxylation sites is 1. The summed E-state index contributed by atoms with van der Waals surface area (Å²) in [4.78, 5) is 8.71. The van der Waals surface area contributed by atoms with Crippen molar-refractivity contribution < 1.29 is 20.1 Å². The maximum absolute atomic E-state index is 4.22. The average molecular weight is 665 g/mol. The van der Waals surface area contributed by atoms with E-state index in [9.17, 15) is 0 Å². The Kier molecular flexibility index (Phi) is 7.92. The Bertz CT molecular complexity index is 1280. The topological polar surface area (TPSA) is 19.4 Å². The van der Waals surface area contributed by atoms with E-state index in [1.165, 1.54) is 35.3 Å². The number of rotatable bonds is 2. The monoisotopic (exact) mass is 665 g/mol. The Morgan fingerprint density at radius 3 is 1.97 bits per heavy atom. The van der Waals surface area contributed by atoms with Gasteiger partial charge in [-0.3, -0.25) is 0 Å². The molecule has 0 atom stereocenters. The van der Waals surface area contributed by atoms with Crippen LogP contribution in [0.15, 0.2) is 85.1 Å². The molecular weight excluding hydrogens is 631 g/mol. The van der Waals surface area contributed by atoms with Crippen molar-refractivity contribution in [3.8, 4) is 11.3 Å². The molecule has 0 saturated heterocycles. The number of benzene rings is 3. The summed E-state index contributed by atoms with van der Waals surface area (Å²) in [5, 5.41) is 0. The van der Waals surface area contributed by atoms with Crippen molar-refractivity contribution in [2.24, 2.45) is 0 Å². The van der Waals surface area contributed by atoms with Crippen molar-refractivity contribution in [2.75, 3.05) is 16.8 Å². The second-order valence-electron chi connectivity index (χ2n) is 11.0. The van der Waals surface area contributed by atoms with Crippen molar-refractivity contribution in [2.45, 2.75) is 51.4 Å². The molecule has 0 spiro atoms. The molecule has 0 N–H and O–H groups in total. The van der Waals surface area contributed by atoms with Crippen LogP contribution in [0.1, 0.15) is 51.7 Å². The van der Waals surface area contributed by atoms with Gasteiger partial charge in [0.05, 0.1) is 0 Å². The Labute approximate surface area is 235 Å². The van der Waals surface area contributed by atoms with Crippen LogP contribution < -0.4 is 9.80 Å². The summed E-state index contributed by atoms with van der Waals surface area (Å²) in [6.07, 6.45) is 4.27. The predicted octanol–water partition coefficient (Wildman–Crippen LogP) is 8.09. The molecule has 0 bridgehead atoms. The smallest absolute Gasteiger partial charge is 0.504 e. The van der Waals surface area contributed by atoms with E-state index in [1.54, 1.807) is 6.20 Å². The van der Waals surface area contributed by atoms with Crippen LogP contribution in [0.3, 0.4) is 0 Å². The molecule has 0 fully saturated rings. The van der Waals surface area contributed by atoms with E-state index >= 15 is 0 Å². The summed E-state index contributed by atoms with van der Waals surface area (Å²) in [5.74, 6) is 0. The minimum absolute atomic E-state index is 0. The Balaban J connectivity index is 0.000000208. The van der Waals surface area contributed by atoms with Crippen LogP contribution in [0.5, 0.6) is 0 Å². The quantitative estimate of drug-likeness (QED) is 0.202. The van der Waals surface area contributed by atoms with Gasteiger partial charge in [-0.15, -0.1) is 41.6 Å². The van der Waals surface area contributed by atoms with E-state index in [4.69, 9.17) is 0 Å². The van der Waals surface area contributed by atoms with Gasteiger partial charge in [0.2, 0.25) is 0 Å². The van der Waals surface area contributed by atoms with Crippen molar-refractivity contribution in [3.63, 3.8) is 0 Å². The molecule has 4 aromatic rings. The minimum Gasteiger partial charge on any atom is -0.504 e. The Morgan fingerprint density at radius 2 is 1.41 bits per heavy atom.